The lowest BCUT2D eigenvalue weighted by atomic mass is 10.0. The molecule has 0 radical (unpaired) electrons. The molecular formula is C16H26Cl2N4O2. The predicted octanol–water partition coefficient (Wildman–Crippen LogP) is 1.12. The Morgan fingerprint density at radius 1 is 1.42 bits per heavy atom. The number of hydrogen-bond acceptors (Lipinski definition) is 5. The minimum Gasteiger partial charge on any atom is -0.366 e. The molecule has 2 saturated heterocycles. The van der Waals surface area contributed by atoms with Crippen molar-refractivity contribution in [2.75, 3.05) is 45.9 Å². The van der Waals surface area contributed by atoms with Crippen molar-refractivity contribution in [1.29, 1.82) is 0 Å². The average molecular weight is 377 g/mol. The van der Waals surface area contributed by atoms with Gasteiger partial charge < -0.3 is 15.0 Å². The number of nitrogens with one attached hydrogen (secondary N) is 1. The highest BCUT2D eigenvalue weighted by molar-refractivity contribution is 5.85. The summed E-state index contributed by atoms with van der Waals surface area (Å²) in [7, 11) is 0. The Balaban J connectivity index is 0.00000144. The SMILES string of the molecule is CCN1CCOC(C(=O)N2CCNCC2c2cccnc2)C1.Cl.Cl. The summed E-state index contributed by atoms with van der Waals surface area (Å²) in [6.45, 7) is 7.62. The number of ether oxygens (including phenoxy) is 1. The van der Waals surface area contributed by atoms with Gasteiger partial charge in [0, 0.05) is 45.1 Å². The normalized spacial score (nSPS) is 24.6. The minimum absolute atomic E-state index is 0. The second kappa shape index (κ2) is 10.2. The number of carbonyl (C=O) groups is 1. The molecular weight excluding hydrogens is 351 g/mol. The van der Waals surface area contributed by atoms with E-state index in [1.54, 1.807) is 6.20 Å². The van der Waals surface area contributed by atoms with Crippen molar-refractivity contribution in [2.24, 2.45) is 0 Å². The van der Waals surface area contributed by atoms with Crippen LogP contribution >= 0.6 is 24.8 Å². The molecule has 136 valence electrons. The molecule has 3 heterocycles. The van der Waals surface area contributed by atoms with Gasteiger partial charge in [0.2, 0.25) is 0 Å². The van der Waals surface area contributed by atoms with Crippen LogP contribution in [0.1, 0.15) is 18.5 Å². The van der Waals surface area contributed by atoms with Gasteiger partial charge in [-0.3, -0.25) is 14.7 Å². The van der Waals surface area contributed by atoms with Crippen LogP contribution in [-0.4, -0.2) is 72.7 Å². The highest BCUT2D eigenvalue weighted by Crippen LogP contribution is 2.23. The van der Waals surface area contributed by atoms with Crippen molar-refractivity contribution >= 4 is 30.7 Å². The third kappa shape index (κ3) is 4.80. The topological polar surface area (TPSA) is 57.7 Å². The van der Waals surface area contributed by atoms with Gasteiger partial charge >= 0.3 is 0 Å². The van der Waals surface area contributed by atoms with E-state index in [1.165, 1.54) is 0 Å². The maximum Gasteiger partial charge on any atom is 0.253 e. The zero-order valence-corrected chi connectivity index (χ0v) is 15.5. The lowest BCUT2D eigenvalue weighted by Crippen LogP contribution is -2.56. The van der Waals surface area contributed by atoms with Crippen LogP contribution in [0.3, 0.4) is 0 Å². The highest BCUT2D eigenvalue weighted by Gasteiger charge is 2.35. The molecule has 2 fully saturated rings. The monoisotopic (exact) mass is 376 g/mol. The van der Waals surface area contributed by atoms with E-state index in [0.29, 0.717) is 19.7 Å². The molecule has 1 N–H and O–H groups in total. The number of piperazine rings is 1. The molecule has 0 aliphatic carbocycles. The second-order valence-electron chi connectivity index (χ2n) is 5.79. The Hall–Kier alpha value is -0.920. The van der Waals surface area contributed by atoms with E-state index in [0.717, 1.165) is 31.7 Å². The smallest absolute Gasteiger partial charge is 0.253 e. The quantitative estimate of drug-likeness (QED) is 0.856. The first kappa shape index (κ1) is 21.1. The number of hydrogen-bond donors (Lipinski definition) is 1. The van der Waals surface area contributed by atoms with E-state index < -0.39 is 0 Å². The van der Waals surface area contributed by atoms with Gasteiger partial charge in [0.15, 0.2) is 0 Å². The molecule has 0 aromatic carbocycles. The third-order valence-corrected chi connectivity index (χ3v) is 4.47. The maximum atomic E-state index is 12.9. The van der Waals surface area contributed by atoms with Crippen LogP contribution in [0.2, 0.25) is 0 Å². The number of pyridine rings is 1. The van der Waals surface area contributed by atoms with Gasteiger partial charge in [-0.1, -0.05) is 13.0 Å². The van der Waals surface area contributed by atoms with Crippen LogP contribution in [0.4, 0.5) is 0 Å². The van der Waals surface area contributed by atoms with Gasteiger partial charge in [-0.2, -0.15) is 0 Å². The molecule has 0 saturated carbocycles. The van der Waals surface area contributed by atoms with Gasteiger partial charge in [-0.05, 0) is 18.2 Å². The van der Waals surface area contributed by atoms with Crippen molar-refractivity contribution < 1.29 is 9.53 Å². The number of amides is 1. The first-order valence-corrected chi connectivity index (χ1v) is 8.04. The van der Waals surface area contributed by atoms with E-state index in [1.807, 2.05) is 23.2 Å². The number of morpholine rings is 1. The van der Waals surface area contributed by atoms with Crippen LogP contribution in [0, 0.1) is 0 Å². The van der Waals surface area contributed by atoms with Crippen LogP contribution in [0.25, 0.3) is 0 Å². The van der Waals surface area contributed by atoms with Crippen molar-refractivity contribution in [3.05, 3.63) is 30.1 Å². The largest absolute Gasteiger partial charge is 0.366 e. The minimum atomic E-state index is -0.342. The molecule has 1 aromatic rings. The Labute approximate surface area is 155 Å². The van der Waals surface area contributed by atoms with Crippen LogP contribution in [-0.2, 0) is 9.53 Å². The van der Waals surface area contributed by atoms with Crippen molar-refractivity contribution in [2.45, 2.75) is 19.1 Å². The molecule has 24 heavy (non-hydrogen) atoms. The van der Waals surface area contributed by atoms with Gasteiger partial charge in [-0.15, -0.1) is 24.8 Å². The fourth-order valence-corrected chi connectivity index (χ4v) is 3.16. The van der Waals surface area contributed by atoms with E-state index >= 15 is 0 Å². The van der Waals surface area contributed by atoms with Crippen molar-refractivity contribution in [3.8, 4) is 0 Å². The van der Waals surface area contributed by atoms with Crippen molar-refractivity contribution in [3.63, 3.8) is 0 Å². The number of rotatable bonds is 3. The molecule has 0 spiro atoms. The molecule has 2 unspecified atom stereocenters. The fourth-order valence-electron chi connectivity index (χ4n) is 3.16. The summed E-state index contributed by atoms with van der Waals surface area (Å²) in [5.74, 6) is 0.105. The predicted molar refractivity (Wildman–Crippen MR) is 97.9 cm³/mol. The molecule has 2 atom stereocenters. The number of aromatic nitrogens is 1. The molecule has 0 bridgehead atoms. The number of carbonyl (C=O) groups excluding carboxylic acids is 1. The fraction of sp³-hybridized carbons (Fsp3) is 0.625. The lowest BCUT2D eigenvalue weighted by Gasteiger charge is -2.40. The van der Waals surface area contributed by atoms with Crippen molar-refractivity contribution in [1.82, 2.24) is 20.1 Å². The maximum absolute atomic E-state index is 12.9. The van der Waals surface area contributed by atoms with E-state index in [2.05, 4.69) is 22.1 Å². The summed E-state index contributed by atoms with van der Waals surface area (Å²) in [6.07, 6.45) is 3.26. The molecule has 8 heteroatoms. The summed E-state index contributed by atoms with van der Waals surface area (Å²) < 4.78 is 5.74. The highest BCUT2D eigenvalue weighted by atomic mass is 35.5. The molecule has 6 nitrogen and oxygen atoms in total. The summed E-state index contributed by atoms with van der Waals surface area (Å²) in [5, 5.41) is 3.37. The Morgan fingerprint density at radius 2 is 2.25 bits per heavy atom. The molecule has 3 rings (SSSR count). The average Bonchev–Trinajstić information content (AvgIpc) is 2.62. The Morgan fingerprint density at radius 3 is 2.96 bits per heavy atom. The number of likely N-dealkylation sites (N-methyl/N-ethyl adjacent to an activating group) is 1. The third-order valence-electron chi connectivity index (χ3n) is 4.47. The molecule has 1 amide bonds. The van der Waals surface area contributed by atoms with Gasteiger partial charge in [0.1, 0.15) is 6.10 Å². The summed E-state index contributed by atoms with van der Waals surface area (Å²) in [4.78, 5) is 21.3. The van der Waals surface area contributed by atoms with E-state index in [-0.39, 0.29) is 42.9 Å². The Kier molecular flexibility index (Phi) is 8.94. The van der Waals surface area contributed by atoms with Gasteiger partial charge in [0.05, 0.1) is 12.6 Å². The molecule has 2 aliphatic heterocycles. The number of halogens is 2. The zero-order chi connectivity index (χ0) is 15.4. The first-order chi connectivity index (χ1) is 10.8. The summed E-state index contributed by atoms with van der Waals surface area (Å²) in [5.41, 5.74) is 1.08. The van der Waals surface area contributed by atoms with Crippen LogP contribution in [0.15, 0.2) is 24.5 Å². The molecule has 1 aromatic heterocycles. The van der Waals surface area contributed by atoms with Crippen LogP contribution < -0.4 is 5.32 Å². The zero-order valence-electron chi connectivity index (χ0n) is 13.9. The summed E-state index contributed by atoms with van der Waals surface area (Å²) >= 11 is 0. The second-order valence-corrected chi connectivity index (χ2v) is 5.79. The first-order valence-electron chi connectivity index (χ1n) is 8.04. The van der Waals surface area contributed by atoms with Crippen LogP contribution in [0.5, 0.6) is 0 Å². The lowest BCUT2D eigenvalue weighted by molar-refractivity contribution is -0.152. The standard InChI is InChI=1S/C16H24N4O2.2ClH/c1-2-19-8-9-22-15(12-19)16(21)20-7-6-18-11-14(20)13-4-3-5-17-10-13;;/h3-5,10,14-15,18H,2,6-9,11-12H2,1H3;2*1H. The summed E-state index contributed by atoms with van der Waals surface area (Å²) in [6, 6.07) is 3.99. The number of nitrogens with zero attached hydrogens (tertiary/aromatic N) is 3. The van der Waals surface area contributed by atoms with E-state index in [4.69, 9.17) is 4.74 Å². The van der Waals surface area contributed by atoms with E-state index in [9.17, 15) is 4.79 Å². The van der Waals surface area contributed by atoms with Gasteiger partial charge in [0.25, 0.3) is 5.91 Å². The Bertz CT molecular complexity index is 506. The van der Waals surface area contributed by atoms with Gasteiger partial charge in [-0.25, -0.2) is 0 Å². The molecule has 2 aliphatic rings.